The zero-order valence-electron chi connectivity index (χ0n) is 11.9. The average molecular weight is 384 g/mol. The van der Waals surface area contributed by atoms with Gasteiger partial charge in [-0.1, -0.05) is 31.2 Å². The third-order valence-electron chi connectivity index (χ3n) is 2.95. The van der Waals surface area contributed by atoms with Crippen molar-refractivity contribution < 1.29 is 0 Å². The van der Waals surface area contributed by atoms with Crippen molar-refractivity contribution in [2.24, 2.45) is 4.99 Å². The summed E-state index contributed by atoms with van der Waals surface area (Å²) < 4.78 is 0. The van der Waals surface area contributed by atoms with Gasteiger partial charge in [-0.15, -0.1) is 24.0 Å². The van der Waals surface area contributed by atoms with Gasteiger partial charge in [0, 0.05) is 25.2 Å². The number of rotatable bonds is 4. The van der Waals surface area contributed by atoms with Crippen molar-refractivity contribution in [3.05, 3.63) is 42.2 Å². The predicted octanol–water partition coefficient (Wildman–Crippen LogP) is 2.93. The van der Waals surface area contributed by atoms with E-state index in [0.29, 0.717) is 6.54 Å². The molecule has 0 aliphatic carbocycles. The van der Waals surface area contributed by atoms with Crippen LogP contribution in [0.15, 0.2) is 41.5 Å². The molecule has 2 N–H and O–H groups in total. The second kappa shape index (κ2) is 8.73. The molecule has 0 unspecified atom stereocenters. The SMILES string of the molecule is CCCNC(=NC)NCc1nccc2ccccc12.I. The van der Waals surface area contributed by atoms with E-state index in [1.165, 1.54) is 10.8 Å². The Kier molecular flexibility index (Phi) is 7.28. The quantitative estimate of drug-likeness (QED) is 0.484. The molecule has 0 saturated carbocycles. The molecule has 108 valence electrons. The zero-order valence-corrected chi connectivity index (χ0v) is 14.2. The molecule has 2 rings (SSSR count). The van der Waals surface area contributed by atoms with Crippen LogP contribution in [0.3, 0.4) is 0 Å². The third kappa shape index (κ3) is 4.33. The summed E-state index contributed by atoms with van der Waals surface area (Å²) in [5.74, 6) is 0.816. The third-order valence-corrected chi connectivity index (χ3v) is 2.95. The van der Waals surface area contributed by atoms with Gasteiger partial charge in [-0.2, -0.15) is 0 Å². The molecule has 0 spiro atoms. The van der Waals surface area contributed by atoms with E-state index in [1.54, 1.807) is 7.05 Å². The molecule has 20 heavy (non-hydrogen) atoms. The smallest absolute Gasteiger partial charge is 0.191 e. The average Bonchev–Trinajstić information content (AvgIpc) is 2.47. The molecule has 1 aromatic carbocycles. The van der Waals surface area contributed by atoms with Crippen LogP contribution in [0.4, 0.5) is 0 Å². The molecule has 0 fully saturated rings. The van der Waals surface area contributed by atoms with Crippen LogP contribution in [0.2, 0.25) is 0 Å². The minimum Gasteiger partial charge on any atom is -0.356 e. The summed E-state index contributed by atoms with van der Waals surface area (Å²) >= 11 is 0. The van der Waals surface area contributed by atoms with Crippen LogP contribution in [-0.2, 0) is 6.54 Å². The highest BCUT2D eigenvalue weighted by molar-refractivity contribution is 14.0. The second-order valence-electron chi connectivity index (χ2n) is 4.33. The van der Waals surface area contributed by atoms with E-state index < -0.39 is 0 Å². The number of hydrogen-bond donors (Lipinski definition) is 2. The summed E-state index contributed by atoms with van der Waals surface area (Å²) in [5.41, 5.74) is 1.04. The maximum absolute atomic E-state index is 4.45. The topological polar surface area (TPSA) is 49.3 Å². The molecule has 1 heterocycles. The fourth-order valence-electron chi connectivity index (χ4n) is 1.95. The Hall–Kier alpha value is -1.37. The molecular weight excluding hydrogens is 363 g/mol. The van der Waals surface area contributed by atoms with E-state index in [0.717, 1.165) is 24.6 Å². The minimum absolute atomic E-state index is 0. The van der Waals surface area contributed by atoms with Crippen LogP contribution in [0.1, 0.15) is 19.0 Å². The van der Waals surface area contributed by atoms with Gasteiger partial charge >= 0.3 is 0 Å². The summed E-state index contributed by atoms with van der Waals surface area (Å²) in [6, 6.07) is 10.3. The van der Waals surface area contributed by atoms with Gasteiger partial charge in [-0.3, -0.25) is 9.98 Å². The molecule has 5 heteroatoms. The maximum Gasteiger partial charge on any atom is 0.191 e. The molecule has 0 saturated heterocycles. The molecule has 1 aromatic heterocycles. The number of aromatic nitrogens is 1. The Morgan fingerprint density at radius 2 is 2.00 bits per heavy atom. The van der Waals surface area contributed by atoms with E-state index >= 15 is 0 Å². The first-order valence-corrected chi connectivity index (χ1v) is 6.62. The number of pyridine rings is 1. The Morgan fingerprint density at radius 1 is 1.20 bits per heavy atom. The molecule has 0 bridgehead atoms. The normalized spacial score (nSPS) is 11.0. The Bertz CT molecular complexity index is 563. The minimum atomic E-state index is 0. The van der Waals surface area contributed by atoms with Gasteiger partial charge in [0.15, 0.2) is 5.96 Å². The molecule has 0 atom stereocenters. The van der Waals surface area contributed by atoms with Crippen molar-refractivity contribution in [3.8, 4) is 0 Å². The van der Waals surface area contributed by atoms with Crippen LogP contribution < -0.4 is 10.6 Å². The standard InChI is InChI=1S/C15H20N4.HI/c1-3-9-18-15(16-2)19-11-14-13-7-5-4-6-12(13)8-10-17-14;/h4-8,10H,3,9,11H2,1-2H3,(H2,16,18,19);1H. The highest BCUT2D eigenvalue weighted by Gasteiger charge is 2.02. The number of fused-ring (bicyclic) bond motifs is 1. The van der Waals surface area contributed by atoms with E-state index in [1.807, 2.05) is 24.4 Å². The monoisotopic (exact) mass is 384 g/mol. The van der Waals surface area contributed by atoms with Gasteiger partial charge < -0.3 is 10.6 Å². The van der Waals surface area contributed by atoms with Gasteiger partial charge in [0.05, 0.1) is 12.2 Å². The highest BCUT2D eigenvalue weighted by Crippen LogP contribution is 2.15. The van der Waals surface area contributed by atoms with E-state index in [-0.39, 0.29) is 24.0 Å². The number of nitrogens with zero attached hydrogens (tertiary/aromatic N) is 2. The molecule has 0 aliphatic heterocycles. The first-order chi connectivity index (χ1) is 9.35. The van der Waals surface area contributed by atoms with E-state index in [9.17, 15) is 0 Å². The fourth-order valence-corrected chi connectivity index (χ4v) is 1.95. The molecule has 0 amide bonds. The number of halogens is 1. The van der Waals surface area contributed by atoms with Crippen molar-refractivity contribution in [1.82, 2.24) is 15.6 Å². The van der Waals surface area contributed by atoms with Gasteiger partial charge in [0.2, 0.25) is 0 Å². The van der Waals surface area contributed by atoms with Crippen LogP contribution >= 0.6 is 24.0 Å². The van der Waals surface area contributed by atoms with Crippen molar-refractivity contribution in [1.29, 1.82) is 0 Å². The molecular formula is C15H21IN4. The summed E-state index contributed by atoms with van der Waals surface area (Å²) in [6.07, 6.45) is 2.93. The lowest BCUT2D eigenvalue weighted by Crippen LogP contribution is -2.37. The summed E-state index contributed by atoms with van der Waals surface area (Å²) in [6.45, 7) is 3.72. The van der Waals surface area contributed by atoms with E-state index in [2.05, 4.69) is 39.7 Å². The van der Waals surface area contributed by atoms with Crippen LogP contribution in [0, 0.1) is 0 Å². The number of benzene rings is 1. The molecule has 0 radical (unpaired) electrons. The maximum atomic E-state index is 4.45. The lowest BCUT2D eigenvalue weighted by Gasteiger charge is -2.11. The van der Waals surface area contributed by atoms with E-state index in [4.69, 9.17) is 0 Å². The lowest BCUT2D eigenvalue weighted by atomic mass is 10.1. The number of nitrogens with one attached hydrogen (secondary N) is 2. The largest absolute Gasteiger partial charge is 0.356 e. The fraction of sp³-hybridized carbons (Fsp3) is 0.333. The molecule has 0 aliphatic rings. The lowest BCUT2D eigenvalue weighted by molar-refractivity contribution is 0.775. The molecule has 4 nitrogen and oxygen atoms in total. The Morgan fingerprint density at radius 3 is 2.75 bits per heavy atom. The molecule has 2 aromatic rings. The van der Waals surface area contributed by atoms with Gasteiger partial charge in [-0.05, 0) is 17.9 Å². The van der Waals surface area contributed by atoms with Crippen molar-refractivity contribution in [2.45, 2.75) is 19.9 Å². The predicted molar refractivity (Wildman–Crippen MR) is 95.7 cm³/mol. The van der Waals surface area contributed by atoms with Crippen molar-refractivity contribution >= 4 is 40.7 Å². The van der Waals surface area contributed by atoms with Crippen molar-refractivity contribution in [2.75, 3.05) is 13.6 Å². The summed E-state index contributed by atoms with van der Waals surface area (Å²) in [7, 11) is 1.78. The summed E-state index contributed by atoms with van der Waals surface area (Å²) in [4.78, 5) is 8.64. The Labute approximate surface area is 137 Å². The number of aliphatic imine (C=N–C) groups is 1. The van der Waals surface area contributed by atoms with Gasteiger partial charge in [0.1, 0.15) is 0 Å². The number of guanidine groups is 1. The van der Waals surface area contributed by atoms with Gasteiger partial charge in [0.25, 0.3) is 0 Å². The van der Waals surface area contributed by atoms with Gasteiger partial charge in [-0.25, -0.2) is 0 Å². The number of hydrogen-bond acceptors (Lipinski definition) is 2. The highest BCUT2D eigenvalue weighted by atomic mass is 127. The van der Waals surface area contributed by atoms with Crippen LogP contribution in [0.5, 0.6) is 0 Å². The first-order valence-electron chi connectivity index (χ1n) is 6.62. The van der Waals surface area contributed by atoms with Crippen molar-refractivity contribution in [3.63, 3.8) is 0 Å². The Balaban J connectivity index is 0.00000200. The zero-order chi connectivity index (χ0) is 13.5. The van der Waals surface area contributed by atoms with Crippen LogP contribution in [0.25, 0.3) is 10.8 Å². The van der Waals surface area contributed by atoms with Crippen LogP contribution in [-0.4, -0.2) is 24.5 Å². The summed E-state index contributed by atoms with van der Waals surface area (Å²) in [5, 5.41) is 8.94. The first kappa shape index (κ1) is 16.7. The second-order valence-corrected chi connectivity index (χ2v) is 4.33.